The number of hydrogen-bond acceptors (Lipinski definition) is 4. The van der Waals surface area contributed by atoms with Gasteiger partial charge < -0.3 is 0 Å². The highest BCUT2D eigenvalue weighted by Crippen LogP contribution is 2.38. The molecule has 1 aliphatic heterocycles. The number of fused-ring (bicyclic) bond motifs is 1. The first-order chi connectivity index (χ1) is 14.7. The number of aryl methyl sites for hydroxylation is 1. The molecule has 1 saturated carbocycles. The van der Waals surface area contributed by atoms with E-state index in [0.29, 0.717) is 24.0 Å². The summed E-state index contributed by atoms with van der Waals surface area (Å²) < 4.78 is 54.5. The van der Waals surface area contributed by atoms with E-state index in [9.17, 15) is 26.8 Å². The van der Waals surface area contributed by atoms with E-state index in [0.717, 1.165) is 31.0 Å². The maximum absolute atomic E-state index is 13.4. The molecule has 2 fully saturated rings. The number of imide groups is 1. The van der Waals surface area contributed by atoms with Crippen molar-refractivity contribution in [3.05, 3.63) is 59.2 Å². The number of carbonyl (C=O) groups excluding carboxylic acids is 2. The minimum Gasteiger partial charge on any atom is -0.280 e. The highest BCUT2D eigenvalue weighted by molar-refractivity contribution is 7.92. The Labute approximate surface area is 179 Å². The quantitative estimate of drug-likeness (QED) is 0.707. The smallest absolute Gasteiger partial charge is 0.262 e. The second-order valence-electron chi connectivity index (χ2n) is 8.09. The summed E-state index contributed by atoms with van der Waals surface area (Å²) in [5.74, 6) is -3.19. The van der Waals surface area contributed by atoms with Gasteiger partial charge in [-0.1, -0.05) is 25.0 Å². The second-order valence-corrected chi connectivity index (χ2v) is 9.75. The van der Waals surface area contributed by atoms with Crippen LogP contribution in [0, 0.1) is 30.4 Å². The lowest BCUT2D eigenvalue weighted by atomic mass is 9.81. The summed E-state index contributed by atoms with van der Waals surface area (Å²) >= 11 is 0. The van der Waals surface area contributed by atoms with Crippen molar-refractivity contribution >= 4 is 27.5 Å². The topological polar surface area (TPSA) is 83.6 Å². The molecule has 0 spiro atoms. The zero-order chi connectivity index (χ0) is 22.3. The Morgan fingerprint density at radius 3 is 2.23 bits per heavy atom. The van der Waals surface area contributed by atoms with Gasteiger partial charge in [0.1, 0.15) is 0 Å². The first-order valence-corrected chi connectivity index (χ1v) is 11.6. The Kier molecular flexibility index (Phi) is 5.55. The summed E-state index contributed by atoms with van der Waals surface area (Å²) in [6.07, 6.45) is 3.27. The van der Waals surface area contributed by atoms with Crippen molar-refractivity contribution in [1.29, 1.82) is 0 Å². The Bertz CT molecular complexity index is 1140. The summed E-state index contributed by atoms with van der Waals surface area (Å²) in [6.45, 7) is 1.60. The third-order valence-corrected chi connectivity index (χ3v) is 7.51. The minimum absolute atomic E-state index is 0.00135. The SMILES string of the molecule is Cc1ccc(CN2C(=O)[C@@H]3CCCC[C@H]3C2=O)cc1S(=O)(=O)Nc1ccc(F)c(F)c1. The van der Waals surface area contributed by atoms with Crippen LogP contribution in [0.4, 0.5) is 14.5 Å². The molecule has 31 heavy (non-hydrogen) atoms. The van der Waals surface area contributed by atoms with E-state index >= 15 is 0 Å². The Balaban J connectivity index is 1.59. The number of hydrogen-bond donors (Lipinski definition) is 1. The van der Waals surface area contributed by atoms with Crippen LogP contribution in [0.15, 0.2) is 41.3 Å². The van der Waals surface area contributed by atoms with Gasteiger partial charge in [-0.25, -0.2) is 17.2 Å². The van der Waals surface area contributed by atoms with Crippen molar-refractivity contribution in [2.75, 3.05) is 4.72 Å². The molecule has 164 valence electrons. The molecule has 2 atom stereocenters. The number of nitrogens with one attached hydrogen (secondary N) is 1. The average molecular weight is 448 g/mol. The molecule has 1 saturated heterocycles. The summed E-state index contributed by atoms with van der Waals surface area (Å²) in [4.78, 5) is 26.6. The van der Waals surface area contributed by atoms with E-state index in [1.807, 2.05) is 0 Å². The normalized spacial score (nSPS) is 21.3. The van der Waals surface area contributed by atoms with Crippen molar-refractivity contribution in [2.24, 2.45) is 11.8 Å². The van der Waals surface area contributed by atoms with Crippen molar-refractivity contribution in [2.45, 2.75) is 44.0 Å². The molecule has 2 aromatic rings. The van der Waals surface area contributed by atoms with Gasteiger partial charge in [-0.05, 0) is 49.1 Å². The van der Waals surface area contributed by atoms with Gasteiger partial charge in [0, 0.05) is 6.07 Å². The van der Waals surface area contributed by atoms with E-state index in [2.05, 4.69) is 4.72 Å². The molecule has 0 unspecified atom stereocenters. The Morgan fingerprint density at radius 1 is 0.968 bits per heavy atom. The highest BCUT2D eigenvalue weighted by atomic mass is 32.2. The van der Waals surface area contributed by atoms with E-state index in [-0.39, 0.29) is 40.8 Å². The molecule has 0 radical (unpaired) electrons. The van der Waals surface area contributed by atoms with Gasteiger partial charge in [0.2, 0.25) is 11.8 Å². The number of nitrogens with zero attached hydrogens (tertiary/aromatic N) is 1. The molecule has 0 bridgehead atoms. The van der Waals surface area contributed by atoms with Crippen LogP contribution in [0.2, 0.25) is 0 Å². The van der Waals surface area contributed by atoms with Gasteiger partial charge in [0.05, 0.1) is 29.0 Å². The first-order valence-electron chi connectivity index (χ1n) is 10.1. The zero-order valence-corrected chi connectivity index (χ0v) is 17.7. The van der Waals surface area contributed by atoms with Gasteiger partial charge in [0.25, 0.3) is 10.0 Å². The molecule has 9 heteroatoms. The molecule has 1 aliphatic carbocycles. The van der Waals surface area contributed by atoms with Crippen molar-refractivity contribution in [3.8, 4) is 0 Å². The Morgan fingerprint density at radius 2 is 1.61 bits per heavy atom. The van der Waals surface area contributed by atoms with Gasteiger partial charge in [-0.3, -0.25) is 19.2 Å². The standard InChI is InChI=1S/C22H22F2N2O4S/c1-13-6-7-14(12-26-21(27)16-4-2-3-5-17(16)22(26)28)10-20(13)31(29,30)25-15-8-9-18(23)19(24)11-15/h6-11,16-17,25H,2-5,12H2,1H3/t16-,17-/m1/s1. The van der Waals surface area contributed by atoms with Gasteiger partial charge in [0.15, 0.2) is 11.6 Å². The maximum Gasteiger partial charge on any atom is 0.262 e. The fraction of sp³-hybridized carbons (Fsp3) is 0.364. The zero-order valence-electron chi connectivity index (χ0n) is 16.9. The largest absolute Gasteiger partial charge is 0.280 e. The van der Waals surface area contributed by atoms with Crippen LogP contribution in [0.3, 0.4) is 0 Å². The van der Waals surface area contributed by atoms with Crippen molar-refractivity contribution in [3.63, 3.8) is 0 Å². The number of likely N-dealkylation sites (tertiary alicyclic amines) is 1. The molecular weight excluding hydrogens is 426 g/mol. The monoisotopic (exact) mass is 448 g/mol. The van der Waals surface area contributed by atoms with Crippen LogP contribution >= 0.6 is 0 Å². The van der Waals surface area contributed by atoms with Crippen LogP contribution < -0.4 is 4.72 Å². The van der Waals surface area contributed by atoms with Gasteiger partial charge in [-0.15, -0.1) is 0 Å². The van der Waals surface area contributed by atoms with E-state index in [4.69, 9.17) is 0 Å². The average Bonchev–Trinajstić information content (AvgIpc) is 2.97. The Hall–Kier alpha value is -2.81. The molecule has 1 N–H and O–H groups in total. The number of amides is 2. The van der Waals surface area contributed by atoms with E-state index in [1.54, 1.807) is 19.1 Å². The molecule has 1 heterocycles. The van der Waals surface area contributed by atoms with Crippen LogP contribution in [0.25, 0.3) is 0 Å². The predicted molar refractivity (Wildman–Crippen MR) is 109 cm³/mol. The molecule has 2 amide bonds. The van der Waals surface area contributed by atoms with Crippen LogP contribution in [-0.2, 0) is 26.2 Å². The maximum atomic E-state index is 13.4. The third kappa shape index (κ3) is 4.06. The van der Waals surface area contributed by atoms with Crippen molar-refractivity contribution < 1.29 is 26.8 Å². The number of carbonyl (C=O) groups is 2. The molecule has 2 aliphatic rings. The summed E-state index contributed by atoms with van der Waals surface area (Å²) in [5, 5.41) is 0. The second kappa shape index (κ2) is 8.03. The molecule has 6 nitrogen and oxygen atoms in total. The fourth-order valence-electron chi connectivity index (χ4n) is 4.37. The number of rotatable bonds is 5. The van der Waals surface area contributed by atoms with Crippen LogP contribution in [0.1, 0.15) is 36.8 Å². The number of benzene rings is 2. The lowest BCUT2D eigenvalue weighted by Gasteiger charge is -2.19. The molecule has 0 aromatic heterocycles. The summed E-state index contributed by atoms with van der Waals surface area (Å²) in [7, 11) is -4.11. The summed E-state index contributed by atoms with van der Waals surface area (Å²) in [6, 6.07) is 7.39. The lowest BCUT2D eigenvalue weighted by Crippen LogP contribution is -2.30. The lowest BCUT2D eigenvalue weighted by molar-refractivity contribution is -0.140. The number of halogens is 2. The van der Waals surface area contributed by atoms with Crippen molar-refractivity contribution in [1.82, 2.24) is 4.90 Å². The molecule has 4 rings (SSSR count). The van der Waals surface area contributed by atoms with E-state index in [1.165, 1.54) is 11.0 Å². The fourth-order valence-corrected chi connectivity index (χ4v) is 5.72. The van der Waals surface area contributed by atoms with E-state index < -0.39 is 21.7 Å². The van der Waals surface area contributed by atoms with Crippen LogP contribution in [-0.4, -0.2) is 25.1 Å². The van der Waals surface area contributed by atoms with Gasteiger partial charge >= 0.3 is 0 Å². The summed E-state index contributed by atoms with van der Waals surface area (Å²) in [5.41, 5.74) is 0.820. The van der Waals surface area contributed by atoms with Crippen LogP contribution in [0.5, 0.6) is 0 Å². The first kappa shape index (κ1) is 21.4. The molecular formula is C22H22F2N2O4S. The third-order valence-electron chi connectivity index (χ3n) is 5.99. The number of anilines is 1. The number of sulfonamides is 1. The predicted octanol–water partition coefficient (Wildman–Crippen LogP) is 3.75. The minimum atomic E-state index is -4.11. The van der Waals surface area contributed by atoms with Gasteiger partial charge in [-0.2, -0.15) is 0 Å². The molecule has 2 aromatic carbocycles. The highest BCUT2D eigenvalue weighted by Gasteiger charge is 2.47.